The van der Waals surface area contributed by atoms with E-state index < -0.39 is 0 Å². The molecule has 1 amide bonds. The zero-order valence-corrected chi connectivity index (χ0v) is 18.8. The highest BCUT2D eigenvalue weighted by molar-refractivity contribution is 5.79. The topological polar surface area (TPSA) is 83.5 Å². The minimum atomic E-state index is 0.0907. The van der Waals surface area contributed by atoms with Gasteiger partial charge in [0.05, 0.1) is 36.5 Å². The number of fused-ring (bicyclic) bond motifs is 1. The van der Waals surface area contributed by atoms with Crippen LogP contribution >= 0.6 is 0 Å². The molecule has 0 bridgehead atoms. The summed E-state index contributed by atoms with van der Waals surface area (Å²) in [7, 11) is 0. The molecule has 0 aliphatic carbocycles. The number of aromatic nitrogens is 3. The Hall–Kier alpha value is -2.32. The van der Waals surface area contributed by atoms with Crippen molar-refractivity contribution in [1.29, 1.82) is 0 Å². The fraction of sp³-hybridized carbons (Fsp3) is 0.652. The lowest BCUT2D eigenvalue weighted by atomic mass is 9.95. The van der Waals surface area contributed by atoms with Gasteiger partial charge in [-0.15, -0.1) is 0 Å². The monoisotopic (exact) mass is 426 g/mol. The van der Waals surface area contributed by atoms with Crippen molar-refractivity contribution < 1.29 is 9.53 Å². The second-order valence-electron chi connectivity index (χ2n) is 8.37. The van der Waals surface area contributed by atoms with Crippen LogP contribution in [-0.4, -0.2) is 78.2 Å². The molecule has 0 saturated carbocycles. The number of piperidine rings is 1. The second-order valence-corrected chi connectivity index (χ2v) is 8.37. The Bertz CT molecular complexity index is 891. The molecule has 1 N–H and O–H groups in total. The van der Waals surface area contributed by atoms with Crippen LogP contribution in [0, 0.1) is 5.92 Å². The Morgan fingerprint density at radius 2 is 1.81 bits per heavy atom. The lowest BCUT2D eigenvalue weighted by Crippen LogP contribution is -2.44. The molecular weight excluding hydrogens is 392 g/mol. The quantitative estimate of drug-likeness (QED) is 0.723. The van der Waals surface area contributed by atoms with E-state index in [2.05, 4.69) is 40.0 Å². The number of aryl methyl sites for hydroxylation is 2. The number of carbonyl (C=O) groups excluding carboxylic acids is 1. The first kappa shape index (κ1) is 21.9. The van der Waals surface area contributed by atoms with Gasteiger partial charge in [0, 0.05) is 45.2 Å². The molecule has 4 heterocycles. The van der Waals surface area contributed by atoms with Gasteiger partial charge in [-0.25, -0.2) is 15.0 Å². The van der Waals surface area contributed by atoms with Crippen LogP contribution in [0.15, 0.2) is 12.3 Å². The molecule has 2 aromatic heterocycles. The van der Waals surface area contributed by atoms with E-state index in [0.29, 0.717) is 12.2 Å². The summed E-state index contributed by atoms with van der Waals surface area (Å²) in [5.41, 5.74) is 4.73. The molecule has 0 radical (unpaired) electrons. The number of amides is 1. The predicted octanol–water partition coefficient (Wildman–Crippen LogP) is 1.81. The van der Waals surface area contributed by atoms with E-state index >= 15 is 0 Å². The first-order chi connectivity index (χ1) is 15.2. The fourth-order valence-corrected chi connectivity index (χ4v) is 4.45. The summed E-state index contributed by atoms with van der Waals surface area (Å²) in [6.07, 6.45) is 5.37. The lowest BCUT2D eigenvalue weighted by Gasteiger charge is -2.33. The summed E-state index contributed by atoms with van der Waals surface area (Å²) in [6.45, 7) is 11.0. The number of carbonyl (C=O) groups is 1. The van der Waals surface area contributed by atoms with Gasteiger partial charge in [0.1, 0.15) is 5.52 Å². The molecule has 168 valence electrons. The molecule has 31 heavy (non-hydrogen) atoms. The van der Waals surface area contributed by atoms with Crippen molar-refractivity contribution in [2.75, 3.05) is 57.4 Å². The van der Waals surface area contributed by atoms with Gasteiger partial charge >= 0.3 is 0 Å². The maximum atomic E-state index is 12.6. The smallest absolute Gasteiger partial charge is 0.223 e. The van der Waals surface area contributed by atoms with Crippen LogP contribution in [0.1, 0.15) is 38.1 Å². The molecule has 0 unspecified atom stereocenters. The van der Waals surface area contributed by atoms with Gasteiger partial charge in [-0.05, 0) is 31.7 Å². The average molecular weight is 427 g/mol. The number of morpholine rings is 1. The van der Waals surface area contributed by atoms with Crippen LogP contribution in [0.3, 0.4) is 0 Å². The van der Waals surface area contributed by atoms with Crippen LogP contribution in [0.25, 0.3) is 11.2 Å². The number of pyridine rings is 1. The number of nitrogens with one attached hydrogen (secondary N) is 1. The van der Waals surface area contributed by atoms with Gasteiger partial charge in [-0.2, -0.15) is 0 Å². The largest absolute Gasteiger partial charge is 0.379 e. The van der Waals surface area contributed by atoms with E-state index in [1.807, 2.05) is 6.20 Å². The van der Waals surface area contributed by atoms with Crippen molar-refractivity contribution in [3.05, 3.63) is 23.7 Å². The van der Waals surface area contributed by atoms with Crippen LogP contribution in [-0.2, 0) is 22.4 Å². The highest BCUT2D eigenvalue weighted by Crippen LogP contribution is 2.25. The molecular formula is C23H34N6O2. The molecule has 8 heteroatoms. The van der Waals surface area contributed by atoms with E-state index in [-0.39, 0.29) is 11.8 Å². The van der Waals surface area contributed by atoms with E-state index in [9.17, 15) is 4.79 Å². The van der Waals surface area contributed by atoms with Crippen molar-refractivity contribution in [1.82, 2.24) is 25.2 Å². The summed E-state index contributed by atoms with van der Waals surface area (Å²) in [4.78, 5) is 31.3. The number of hydrogen-bond donors (Lipinski definition) is 1. The fourth-order valence-electron chi connectivity index (χ4n) is 4.45. The zero-order valence-electron chi connectivity index (χ0n) is 18.8. The normalized spacial score (nSPS) is 18.5. The van der Waals surface area contributed by atoms with Crippen molar-refractivity contribution >= 4 is 22.8 Å². The molecule has 0 spiro atoms. The highest BCUT2D eigenvalue weighted by atomic mass is 16.5. The van der Waals surface area contributed by atoms with E-state index in [0.717, 1.165) is 94.2 Å². The summed E-state index contributed by atoms with van der Waals surface area (Å²) >= 11 is 0. The zero-order chi connectivity index (χ0) is 21.6. The standard InChI is InChI=1S/C23H34N6O2/c1-3-19-20(4-2)27-22-21(26-19)15-18(16-25-22)29-8-5-17(6-9-29)23(30)24-7-10-28-11-13-31-14-12-28/h15-17H,3-14H2,1-2H3,(H,24,30). The SMILES string of the molecule is CCc1nc2cc(N3CCC(C(=O)NCCN4CCOCC4)CC3)cnc2nc1CC. The molecule has 2 aliphatic rings. The van der Waals surface area contributed by atoms with Crippen molar-refractivity contribution in [3.8, 4) is 0 Å². The lowest BCUT2D eigenvalue weighted by molar-refractivity contribution is -0.125. The van der Waals surface area contributed by atoms with E-state index in [4.69, 9.17) is 14.7 Å². The molecule has 2 saturated heterocycles. The maximum absolute atomic E-state index is 12.6. The van der Waals surface area contributed by atoms with Gasteiger partial charge in [0.15, 0.2) is 5.65 Å². The minimum Gasteiger partial charge on any atom is -0.379 e. The molecule has 2 fully saturated rings. The van der Waals surface area contributed by atoms with Gasteiger partial charge in [0.2, 0.25) is 5.91 Å². The summed E-state index contributed by atoms with van der Waals surface area (Å²) in [5, 5.41) is 3.13. The third-order valence-corrected chi connectivity index (χ3v) is 6.39. The van der Waals surface area contributed by atoms with Crippen LogP contribution in [0.5, 0.6) is 0 Å². The maximum Gasteiger partial charge on any atom is 0.223 e. The minimum absolute atomic E-state index is 0.0907. The molecule has 0 atom stereocenters. The molecule has 8 nitrogen and oxygen atoms in total. The summed E-state index contributed by atoms with van der Waals surface area (Å²) in [6, 6.07) is 2.09. The Kier molecular flexibility index (Phi) is 7.29. The third-order valence-electron chi connectivity index (χ3n) is 6.39. The summed E-state index contributed by atoms with van der Waals surface area (Å²) < 4.78 is 5.37. The third kappa shape index (κ3) is 5.30. The first-order valence-electron chi connectivity index (χ1n) is 11.7. The predicted molar refractivity (Wildman–Crippen MR) is 121 cm³/mol. The van der Waals surface area contributed by atoms with Crippen molar-refractivity contribution in [2.24, 2.45) is 5.92 Å². The van der Waals surface area contributed by atoms with Gasteiger partial charge in [-0.3, -0.25) is 9.69 Å². The van der Waals surface area contributed by atoms with Crippen LogP contribution in [0.2, 0.25) is 0 Å². The highest BCUT2D eigenvalue weighted by Gasteiger charge is 2.25. The molecule has 2 aliphatic heterocycles. The van der Waals surface area contributed by atoms with E-state index in [1.165, 1.54) is 0 Å². The molecule has 4 rings (SSSR count). The average Bonchev–Trinajstić information content (AvgIpc) is 2.83. The Labute approximate surface area is 184 Å². The summed E-state index contributed by atoms with van der Waals surface area (Å²) in [5.74, 6) is 0.281. The van der Waals surface area contributed by atoms with Crippen molar-refractivity contribution in [2.45, 2.75) is 39.5 Å². The Morgan fingerprint density at radius 3 is 2.52 bits per heavy atom. The number of anilines is 1. The molecule has 2 aromatic rings. The number of rotatable bonds is 7. The Balaban J connectivity index is 1.30. The van der Waals surface area contributed by atoms with Crippen LogP contribution in [0.4, 0.5) is 5.69 Å². The van der Waals surface area contributed by atoms with E-state index in [1.54, 1.807) is 0 Å². The van der Waals surface area contributed by atoms with Crippen molar-refractivity contribution in [3.63, 3.8) is 0 Å². The number of nitrogens with zero attached hydrogens (tertiary/aromatic N) is 5. The second kappa shape index (κ2) is 10.3. The Morgan fingerprint density at radius 1 is 1.10 bits per heavy atom. The van der Waals surface area contributed by atoms with Crippen LogP contribution < -0.4 is 10.2 Å². The van der Waals surface area contributed by atoms with Gasteiger partial charge < -0.3 is 15.0 Å². The first-order valence-corrected chi connectivity index (χ1v) is 11.7. The van der Waals surface area contributed by atoms with Gasteiger partial charge in [-0.1, -0.05) is 13.8 Å². The molecule has 0 aromatic carbocycles. The number of hydrogen-bond acceptors (Lipinski definition) is 7. The number of ether oxygens (including phenoxy) is 1. The van der Waals surface area contributed by atoms with Gasteiger partial charge in [0.25, 0.3) is 0 Å².